The van der Waals surface area contributed by atoms with Gasteiger partial charge in [0, 0.05) is 5.56 Å². The minimum Gasteiger partial charge on any atom is -0.508 e. The van der Waals surface area contributed by atoms with E-state index in [0.717, 1.165) is 16.7 Å². The van der Waals surface area contributed by atoms with Crippen molar-refractivity contribution in [1.82, 2.24) is 0 Å². The largest absolute Gasteiger partial charge is 0.508 e. The SMILES string of the molecule is Cc1cc(/C=C/C(=O)c2ccc(O)cc2)cc(C)c1OC(C)(C)C(=O)OC(C)C. The topological polar surface area (TPSA) is 72.8 Å². The molecule has 0 aliphatic rings. The normalized spacial score (nSPS) is 11.7. The van der Waals surface area contributed by atoms with E-state index in [2.05, 4.69) is 0 Å². The van der Waals surface area contributed by atoms with Gasteiger partial charge in [0.1, 0.15) is 11.5 Å². The predicted octanol–water partition coefficient (Wildman–Crippen LogP) is 5.01. The van der Waals surface area contributed by atoms with Crippen LogP contribution in [-0.2, 0) is 9.53 Å². The summed E-state index contributed by atoms with van der Waals surface area (Å²) in [7, 11) is 0. The monoisotopic (exact) mass is 396 g/mol. The molecule has 0 radical (unpaired) electrons. The van der Waals surface area contributed by atoms with Crippen molar-refractivity contribution in [3.63, 3.8) is 0 Å². The first-order chi connectivity index (χ1) is 13.5. The van der Waals surface area contributed by atoms with Crippen LogP contribution in [0.25, 0.3) is 6.08 Å². The Hall–Kier alpha value is -3.08. The van der Waals surface area contributed by atoms with Crippen LogP contribution in [0.4, 0.5) is 0 Å². The number of ketones is 1. The van der Waals surface area contributed by atoms with E-state index in [1.54, 1.807) is 45.9 Å². The van der Waals surface area contributed by atoms with Gasteiger partial charge in [-0.2, -0.15) is 0 Å². The van der Waals surface area contributed by atoms with E-state index in [4.69, 9.17) is 9.47 Å². The smallest absolute Gasteiger partial charge is 0.350 e. The number of hydrogen-bond acceptors (Lipinski definition) is 5. The number of benzene rings is 2. The molecule has 0 unspecified atom stereocenters. The zero-order valence-electron chi connectivity index (χ0n) is 17.8. The zero-order valence-corrected chi connectivity index (χ0v) is 17.8. The second-order valence-electron chi connectivity index (χ2n) is 7.79. The van der Waals surface area contributed by atoms with Gasteiger partial charge in [0.2, 0.25) is 0 Å². The third-order valence-corrected chi connectivity index (χ3v) is 4.25. The van der Waals surface area contributed by atoms with Crippen molar-refractivity contribution in [1.29, 1.82) is 0 Å². The molecule has 154 valence electrons. The molecule has 0 spiro atoms. The summed E-state index contributed by atoms with van der Waals surface area (Å²) in [6.45, 7) is 10.7. The third kappa shape index (κ3) is 5.95. The van der Waals surface area contributed by atoms with Crippen molar-refractivity contribution in [2.45, 2.75) is 53.2 Å². The molecule has 2 aromatic carbocycles. The summed E-state index contributed by atoms with van der Waals surface area (Å²) in [6.07, 6.45) is 3.01. The first kappa shape index (κ1) is 22.2. The van der Waals surface area contributed by atoms with Crippen LogP contribution < -0.4 is 4.74 Å². The average Bonchev–Trinajstić information content (AvgIpc) is 2.62. The fourth-order valence-electron chi connectivity index (χ4n) is 2.79. The van der Waals surface area contributed by atoms with E-state index in [0.29, 0.717) is 11.3 Å². The van der Waals surface area contributed by atoms with Crippen molar-refractivity contribution in [3.05, 3.63) is 64.7 Å². The Labute approximate surface area is 172 Å². The Morgan fingerprint density at radius 2 is 1.59 bits per heavy atom. The lowest BCUT2D eigenvalue weighted by Crippen LogP contribution is -2.41. The summed E-state index contributed by atoms with van der Waals surface area (Å²) in [6, 6.07) is 9.90. The van der Waals surface area contributed by atoms with E-state index in [9.17, 15) is 14.7 Å². The van der Waals surface area contributed by atoms with E-state index in [-0.39, 0.29) is 17.6 Å². The molecule has 5 nitrogen and oxygen atoms in total. The Kier molecular flexibility index (Phi) is 6.85. The third-order valence-electron chi connectivity index (χ3n) is 4.25. The lowest BCUT2D eigenvalue weighted by Gasteiger charge is -2.27. The Morgan fingerprint density at radius 1 is 1.03 bits per heavy atom. The molecule has 0 aliphatic carbocycles. The average molecular weight is 396 g/mol. The molecular weight excluding hydrogens is 368 g/mol. The number of carbonyl (C=O) groups is 2. The molecule has 0 heterocycles. The number of esters is 1. The summed E-state index contributed by atoms with van der Waals surface area (Å²) in [5, 5.41) is 9.32. The van der Waals surface area contributed by atoms with Crippen LogP contribution in [0.3, 0.4) is 0 Å². The molecule has 0 bridgehead atoms. The lowest BCUT2D eigenvalue weighted by molar-refractivity contribution is -0.163. The minimum atomic E-state index is -1.12. The second kappa shape index (κ2) is 8.95. The number of ether oxygens (including phenoxy) is 2. The minimum absolute atomic E-state index is 0.118. The van der Waals surface area contributed by atoms with Crippen molar-refractivity contribution >= 4 is 17.8 Å². The van der Waals surface area contributed by atoms with Crippen molar-refractivity contribution in [2.75, 3.05) is 0 Å². The van der Waals surface area contributed by atoms with Gasteiger partial charge in [-0.15, -0.1) is 0 Å². The fraction of sp³-hybridized carbons (Fsp3) is 0.333. The number of hydrogen-bond donors (Lipinski definition) is 1. The summed E-state index contributed by atoms with van der Waals surface area (Å²) >= 11 is 0. The lowest BCUT2D eigenvalue weighted by atomic mass is 10.0. The summed E-state index contributed by atoms with van der Waals surface area (Å²) in [5.74, 6) is 0.165. The van der Waals surface area contributed by atoms with Crippen LogP contribution in [0.2, 0.25) is 0 Å². The first-order valence-corrected chi connectivity index (χ1v) is 9.52. The standard InChI is InChI=1S/C24H28O5/c1-15(2)28-23(27)24(5,6)29-22-16(3)13-18(14-17(22)4)7-12-21(26)19-8-10-20(25)11-9-19/h7-15,25H,1-6H3/b12-7+. The highest BCUT2D eigenvalue weighted by Gasteiger charge is 2.33. The molecule has 29 heavy (non-hydrogen) atoms. The highest BCUT2D eigenvalue weighted by Crippen LogP contribution is 2.29. The van der Waals surface area contributed by atoms with Gasteiger partial charge < -0.3 is 14.6 Å². The van der Waals surface area contributed by atoms with Crippen LogP contribution in [0.15, 0.2) is 42.5 Å². The molecule has 0 saturated carbocycles. The van der Waals surface area contributed by atoms with Crippen LogP contribution in [0.1, 0.15) is 54.7 Å². The maximum atomic E-state index is 12.3. The zero-order chi connectivity index (χ0) is 21.8. The van der Waals surface area contributed by atoms with Gasteiger partial charge in [0.25, 0.3) is 0 Å². The summed E-state index contributed by atoms with van der Waals surface area (Å²) < 4.78 is 11.3. The molecule has 1 N–H and O–H groups in total. The number of aryl methyl sites for hydroxylation is 2. The van der Waals surface area contributed by atoms with Crippen LogP contribution in [0, 0.1) is 13.8 Å². The van der Waals surface area contributed by atoms with Crippen molar-refractivity contribution in [2.24, 2.45) is 0 Å². The van der Waals surface area contributed by atoms with Gasteiger partial charge in [0.05, 0.1) is 6.10 Å². The molecule has 0 amide bonds. The molecule has 0 fully saturated rings. The van der Waals surface area contributed by atoms with E-state index in [1.807, 2.05) is 26.0 Å². The number of aromatic hydroxyl groups is 1. The van der Waals surface area contributed by atoms with Gasteiger partial charge in [-0.3, -0.25) is 4.79 Å². The molecular formula is C24H28O5. The van der Waals surface area contributed by atoms with Crippen LogP contribution >= 0.6 is 0 Å². The Bertz CT molecular complexity index is 898. The van der Waals surface area contributed by atoms with Crippen molar-refractivity contribution < 1.29 is 24.2 Å². The van der Waals surface area contributed by atoms with E-state index >= 15 is 0 Å². The molecule has 0 saturated heterocycles. The second-order valence-corrected chi connectivity index (χ2v) is 7.79. The highest BCUT2D eigenvalue weighted by molar-refractivity contribution is 6.06. The van der Waals surface area contributed by atoms with E-state index in [1.165, 1.54) is 18.2 Å². The fourth-order valence-corrected chi connectivity index (χ4v) is 2.79. The molecule has 0 aliphatic heterocycles. The van der Waals surface area contributed by atoms with Crippen molar-refractivity contribution in [3.8, 4) is 11.5 Å². The molecule has 2 aromatic rings. The molecule has 2 rings (SSSR count). The van der Waals surface area contributed by atoms with Gasteiger partial charge in [-0.05, 0) is 101 Å². The number of rotatable bonds is 7. The summed E-state index contributed by atoms with van der Waals surface area (Å²) in [4.78, 5) is 24.6. The molecule has 5 heteroatoms. The number of phenolic OH excluding ortho intramolecular Hbond substituents is 1. The predicted molar refractivity (Wildman–Crippen MR) is 113 cm³/mol. The van der Waals surface area contributed by atoms with Gasteiger partial charge in [-0.1, -0.05) is 6.08 Å². The quantitative estimate of drug-likeness (QED) is 0.404. The molecule has 0 aromatic heterocycles. The molecule has 0 atom stereocenters. The Morgan fingerprint density at radius 3 is 2.10 bits per heavy atom. The van der Waals surface area contributed by atoms with Crippen LogP contribution in [0.5, 0.6) is 11.5 Å². The van der Waals surface area contributed by atoms with Gasteiger partial charge in [-0.25, -0.2) is 4.79 Å². The Balaban J connectivity index is 2.19. The van der Waals surface area contributed by atoms with E-state index < -0.39 is 11.6 Å². The van der Waals surface area contributed by atoms with Crippen LogP contribution in [-0.4, -0.2) is 28.6 Å². The maximum absolute atomic E-state index is 12.3. The number of carbonyl (C=O) groups excluding carboxylic acids is 2. The van der Waals surface area contributed by atoms with Gasteiger partial charge in [0.15, 0.2) is 11.4 Å². The van der Waals surface area contributed by atoms with Gasteiger partial charge >= 0.3 is 5.97 Å². The summed E-state index contributed by atoms with van der Waals surface area (Å²) in [5.41, 5.74) is 1.94. The number of phenols is 1. The number of allylic oxidation sites excluding steroid dienone is 1. The maximum Gasteiger partial charge on any atom is 0.350 e. The first-order valence-electron chi connectivity index (χ1n) is 9.52. The highest BCUT2D eigenvalue weighted by atomic mass is 16.6.